The maximum Gasteiger partial charge on any atom is 0.130 e. The van der Waals surface area contributed by atoms with Gasteiger partial charge in [-0.2, -0.15) is 5.26 Å². The van der Waals surface area contributed by atoms with E-state index in [0.717, 1.165) is 16.7 Å². The number of hydrogen-bond donors (Lipinski definition) is 4. The summed E-state index contributed by atoms with van der Waals surface area (Å²) in [5.41, 5.74) is 4.91. The molecule has 1 heterocycles. The predicted octanol–water partition coefficient (Wildman–Crippen LogP) is 3.98. The van der Waals surface area contributed by atoms with Crippen molar-refractivity contribution in [1.29, 1.82) is 5.26 Å². The first kappa shape index (κ1) is 35.8. The minimum absolute atomic E-state index is 0.0193. The van der Waals surface area contributed by atoms with Gasteiger partial charge in [0.15, 0.2) is 0 Å². The fourth-order valence-electron chi connectivity index (χ4n) is 5.13. The van der Waals surface area contributed by atoms with Crippen molar-refractivity contribution in [2.45, 2.75) is 26.3 Å². The van der Waals surface area contributed by atoms with Crippen molar-refractivity contribution in [2.75, 3.05) is 54.7 Å². The molecule has 4 rings (SSSR count). The Bertz CT molecular complexity index is 1640. The number of hydrogen-bond acceptors (Lipinski definition) is 12. The number of aliphatic hydroxyl groups excluding tert-OH is 2. The van der Waals surface area contributed by atoms with Crippen LogP contribution in [-0.2, 0) is 26.3 Å². The number of methoxy groups -OCH3 is 4. The number of aromatic nitrogens is 1. The van der Waals surface area contributed by atoms with E-state index >= 15 is 0 Å². The van der Waals surface area contributed by atoms with Crippen LogP contribution in [0.4, 0.5) is 0 Å². The lowest BCUT2D eigenvalue weighted by atomic mass is 9.99. The fraction of sp³-hybridized carbons (Fsp3) is 0.333. The van der Waals surface area contributed by atoms with Crippen LogP contribution in [0.5, 0.6) is 34.5 Å². The average Bonchev–Trinajstić information content (AvgIpc) is 3.13. The maximum absolute atomic E-state index is 10.2. The van der Waals surface area contributed by atoms with Gasteiger partial charge in [0.25, 0.3) is 0 Å². The Labute approximate surface area is 280 Å². The number of rotatable bonds is 19. The second-order valence-corrected chi connectivity index (χ2v) is 10.5. The third-order valence-corrected chi connectivity index (χ3v) is 7.51. The Hall–Kier alpha value is -5.06. The van der Waals surface area contributed by atoms with E-state index in [9.17, 15) is 5.26 Å². The SMILES string of the molecule is COc1cc(OCc2ccnc(-c3cccc(COc4cc(OC)c(CNCCO)c(OC)c4)c3C#N)c2)cc(OC)c1CNCCO. The zero-order chi connectivity index (χ0) is 34.3. The van der Waals surface area contributed by atoms with Gasteiger partial charge in [-0.15, -0.1) is 0 Å². The molecule has 3 aromatic carbocycles. The van der Waals surface area contributed by atoms with E-state index in [-0.39, 0.29) is 26.4 Å². The smallest absolute Gasteiger partial charge is 0.130 e. The van der Waals surface area contributed by atoms with Gasteiger partial charge in [-0.25, -0.2) is 0 Å². The summed E-state index contributed by atoms with van der Waals surface area (Å²) in [6.45, 7) is 2.21. The van der Waals surface area contributed by atoms with Crippen LogP contribution in [0.25, 0.3) is 11.3 Å². The Morgan fingerprint density at radius 2 is 1.23 bits per heavy atom. The number of pyridine rings is 1. The predicted molar refractivity (Wildman–Crippen MR) is 180 cm³/mol. The fourth-order valence-corrected chi connectivity index (χ4v) is 5.13. The van der Waals surface area contributed by atoms with Gasteiger partial charge in [0.05, 0.1) is 64.0 Å². The highest BCUT2D eigenvalue weighted by atomic mass is 16.5. The zero-order valence-electron chi connectivity index (χ0n) is 27.7. The molecule has 4 N–H and O–H groups in total. The van der Waals surface area contributed by atoms with Crippen LogP contribution >= 0.6 is 0 Å². The summed E-state index contributed by atoms with van der Waals surface area (Å²) in [4.78, 5) is 4.55. The number of ether oxygens (including phenoxy) is 6. The normalized spacial score (nSPS) is 10.7. The molecule has 12 nitrogen and oxygen atoms in total. The van der Waals surface area contributed by atoms with E-state index in [2.05, 4.69) is 21.7 Å². The van der Waals surface area contributed by atoms with Crippen LogP contribution in [0.2, 0.25) is 0 Å². The summed E-state index contributed by atoms with van der Waals surface area (Å²) in [5, 5.41) is 34.7. The molecule has 0 fully saturated rings. The molecule has 0 saturated heterocycles. The van der Waals surface area contributed by atoms with Crippen molar-refractivity contribution in [3.8, 4) is 51.8 Å². The van der Waals surface area contributed by atoms with E-state index in [1.165, 1.54) is 0 Å². The molecule has 0 aliphatic carbocycles. The number of aliphatic hydroxyl groups is 2. The second-order valence-electron chi connectivity index (χ2n) is 10.5. The molecule has 48 heavy (non-hydrogen) atoms. The van der Waals surface area contributed by atoms with Crippen LogP contribution in [0.3, 0.4) is 0 Å². The van der Waals surface area contributed by atoms with Crippen LogP contribution in [0, 0.1) is 11.3 Å². The molecule has 12 heteroatoms. The Morgan fingerprint density at radius 3 is 1.71 bits per heavy atom. The second kappa shape index (κ2) is 18.3. The minimum atomic E-state index is 0.0193. The van der Waals surface area contributed by atoms with Crippen LogP contribution < -0.4 is 39.1 Å². The van der Waals surface area contributed by atoms with Gasteiger partial charge in [0.2, 0.25) is 0 Å². The molecule has 0 saturated carbocycles. The summed E-state index contributed by atoms with van der Waals surface area (Å²) in [5.74, 6) is 3.44. The highest BCUT2D eigenvalue weighted by Gasteiger charge is 2.17. The number of nitrogens with zero attached hydrogens (tertiary/aromatic N) is 2. The van der Waals surface area contributed by atoms with Gasteiger partial charge in [-0.05, 0) is 17.7 Å². The van der Waals surface area contributed by atoms with Crippen LogP contribution in [-0.4, -0.2) is 69.9 Å². The largest absolute Gasteiger partial charge is 0.496 e. The molecule has 254 valence electrons. The van der Waals surface area contributed by atoms with Gasteiger partial charge in [-0.1, -0.05) is 18.2 Å². The lowest BCUT2D eigenvalue weighted by molar-refractivity contribution is 0.289. The van der Waals surface area contributed by atoms with Gasteiger partial charge >= 0.3 is 0 Å². The van der Waals surface area contributed by atoms with Gasteiger partial charge < -0.3 is 49.3 Å². The van der Waals surface area contributed by atoms with Crippen LogP contribution in [0.15, 0.2) is 60.8 Å². The molecule has 0 atom stereocenters. The van der Waals surface area contributed by atoms with Crippen molar-refractivity contribution in [1.82, 2.24) is 15.6 Å². The van der Waals surface area contributed by atoms with Crippen molar-refractivity contribution in [3.05, 3.63) is 88.6 Å². The highest BCUT2D eigenvalue weighted by Crippen LogP contribution is 2.36. The number of benzene rings is 3. The molecule has 0 radical (unpaired) electrons. The van der Waals surface area contributed by atoms with Crippen molar-refractivity contribution in [2.24, 2.45) is 0 Å². The van der Waals surface area contributed by atoms with E-state index in [0.29, 0.717) is 83.1 Å². The minimum Gasteiger partial charge on any atom is -0.496 e. The monoisotopic (exact) mass is 658 g/mol. The highest BCUT2D eigenvalue weighted by molar-refractivity contribution is 5.69. The summed E-state index contributed by atoms with van der Waals surface area (Å²) in [7, 11) is 6.31. The molecule has 4 aromatic rings. The topological polar surface area (TPSA) is 157 Å². The average molecular weight is 659 g/mol. The number of nitriles is 1. The molecule has 0 spiro atoms. The van der Waals surface area contributed by atoms with E-state index in [4.69, 9.17) is 38.6 Å². The van der Waals surface area contributed by atoms with E-state index in [1.54, 1.807) is 58.9 Å². The molecule has 0 aliphatic heterocycles. The van der Waals surface area contributed by atoms with Crippen molar-refractivity contribution in [3.63, 3.8) is 0 Å². The lowest BCUT2D eigenvalue weighted by Gasteiger charge is -2.17. The Kier molecular flexibility index (Phi) is 13.7. The molecule has 0 aliphatic rings. The lowest BCUT2D eigenvalue weighted by Crippen LogP contribution is -2.18. The molecule has 1 aromatic heterocycles. The third kappa shape index (κ3) is 9.05. The first-order chi connectivity index (χ1) is 23.5. The first-order valence-electron chi connectivity index (χ1n) is 15.4. The summed E-state index contributed by atoms with van der Waals surface area (Å²) in [6, 6.07) is 18.8. The third-order valence-electron chi connectivity index (χ3n) is 7.51. The molecular weight excluding hydrogens is 616 g/mol. The van der Waals surface area contributed by atoms with Gasteiger partial charge in [-0.3, -0.25) is 4.98 Å². The van der Waals surface area contributed by atoms with Crippen LogP contribution in [0.1, 0.15) is 27.8 Å². The summed E-state index contributed by atoms with van der Waals surface area (Å²) in [6.07, 6.45) is 1.69. The van der Waals surface area contributed by atoms with Gasteiger partial charge in [0.1, 0.15) is 53.8 Å². The Balaban J connectivity index is 1.52. The molecule has 0 amide bonds. The zero-order valence-corrected chi connectivity index (χ0v) is 27.7. The molecular formula is C36H42N4O8. The van der Waals surface area contributed by atoms with Gasteiger partial charge in [0, 0.05) is 67.8 Å². The van der Waals surface area contributed by atoms with E-state index < -0.39 is 0 Å². The summed E-state index contributed by atoms with van der Waals surface area (Å²) < 4.78 is 34.6. The first-order valence-corrected chi connectivity index (χ1v) is 15.4. The van der Waals surface area contributed by atoms with Crippen molar-refractivity contribution >= 4 is 0 Å². The van der Waals surface area contributed by atoms with Crippen molar-refractivity contribution < 1.29 is 38.6 Å². The van der Waals surface area contributed by atoms with E-state index in [1.807, 2.05) is 30.3 Å². The molecule has 0 bridgehead atoms. The summed E-state index contributed by atoms with van der Waals surface area (Å²) >= 11 is 0. The maximum atomic E-state index is 10.2. The standard InChI is InChI=1S/C36H42N4O8/c1-43-33-15-26(16-34(44-2)30(33)20-38-10-12-41)47-22-24-8-9-40-32(14-24)28-7-5-6-25(29(28)19-37)23-48-27-17-35(45-3)31(21-39-11-13-42)36(18-27)46-4/h5-9,14-18,38-39,41-42H,10-13,20-23H2,1-4H3. The quantitative estimate of drug-likeness (QED) is 0.108. The molecule has 0 unspecified atom stereocenters. The number of nitrogens with one attached hydrogen (secondary N) is 2. The Morgan fingerprint density at radius 1 is 0.708 bits per heavy atom.